The number of terminal acetylenes is 1. The van der Waals surface area contributed by atoms with Crippen LogP contribution in [0.4, 0.5) is 5.69 Å². The summed E-state index contributed by atoms with van der Waals surface area (Å²) < 4.78 is 9.58. The van der Waals surface area contributed by atoms with E-state index in [9.17, 15) is 14.9 Å². The quantitative estimate of drug-likeness (QED) is 0.341. The number of nitro groups is 1. The van der Waals surface area contributed by atoms with E-state index in [1.165, 1.54) is 19.2 Å². The molecule has 0 atom stereocenters. The molecule has 0 aliphatic rings. The highest BCUT2D eigenvalue weighted by atomic mass is 16.6. The number of benzene rings is 1. The minimum atomic E-state index is -0.761. The molecule has 0 heterocycles. The fourth-order valence-corrected chi connectivity index (χ4v) is 1.15. The maximum Gasteiger partial charge on any atom is 0.343 e. The van der Waals surface area contributed by atoms with Crippen LogP contribution in [0.25, 0.3) is 0 Å². The number of nitrogens with zero attached hydrogens (tertiary/aromatic N) is 1. The number of esters is 1. The third kappa shape index (κ3) is 2.95. The van der Waals surface area contributed by atoms with Gasteiger partial charge in [-0.1, -0.05) is 5.92 Å². The van der Waals surface area contributed by atoms with Crippen LogP contribution < -0.4 is 4.74 Å². The molecule has 0 bridgehead atoms. The van der Waals surface area contributed by atoms with Gasteiger partial charge in [0.1, 0.15) is 11.3 Å². The summed E-state index contributed by atoms with van der Waals surface area (Å²) in [6, 6.07) is 3.64. The van der Waals surface area contributed by atoms with Crippen molar-refractivity contribution in [2.24, 2.45) is 0 Å². The smallest absolute Gasteiger partial charge is 0.343 e. The average molecular weight is 235 g/mol. The average Bonchev–Trinajstić information content (AvgIpc) is 2.34. The Balaban J connectivity index is 3.10. The number of carbonyl (C=O) groups excluding carboxylic acids is 1. The van der Waals surface area contributed by atoms with E-state index >= 15 is 0 Å². The molecule has 0 N–H and O–H groups in total. The lowest BCUT2D eigenvalue weighted by molar-refractivity contribution is -0.384. The maximum absolute atomic E-state index is 11.5. The fourth-order valence-electron chi connectivity index (χ4n) is 1.15. The molecule has 17 heavy (non-hydrogen) atoms. The molecule has 1 aromatic carbocycles. The summed E-state index contributed by atoms with van der Waals surface area (Å²) in [5.41, 5.74) is -0.254. The van der Waals surface area contributed by atoms with Crippen LogP contribution in [0.2, 0.25) is 0 Å². The van der Waals surface area contributed by atoms with Gasteiger partial charge >= 0.3 is 5.97 Å². The largest absolute Gasteiger partial charge is 0.496 e. The molecule has 0 radical (unpaired) electrons. The third-order valence-electron chi connectivity index (χ3n) is 1.90. The zero-order valence-corrected chi connectivity index (χ0v) is 9.00. The van der Waals surface area contributed by atoms with Crippen LogP contribution in [0, 0.1) is 22.5 Å². The molecule has 0 spiro atoms. The Labute approximate surface area is 97.3 Å². The Hall–Kier alpha value is -2.55. The number of nitro benzene ring substituents is 1. The molecule has 0 amide bonds. The van der Waals surface area contributed by atoms with Gasteiger partial charge in [0.2, 0.25) is 0 Å². The van der Waals surface area contributed by atoms with Gasteiger partial charge in [-0.3, -0.25) is 10.1 Å². The molecule has 0 fully saturated rings. The molecule has 0 saturated carbocycles. The van der Waals surface area contributed by atoms with E-state index < -0.39 is 10.9 Å². The van der Waals surface area contributed by atoms with Crippen molar-refractivity contribution in [1.82, 2.24) is 0 Å². The molecular formula is C11H9NO5. The Morgan fingerprint density at radius 2 is 2.29 bits per heavy atom. The van der Waals surface area contributed by atoms with Gasteiger partial charge < -0.3 is 9.47 Å². The second-order valence-corrected chi connectivity index (χ2v) is 2.92. The van der Waals surface area contributed by atoms with Crippen molar-refractivity contribution >= 4 is 11.7 Å². The highest BCUT2D eigenvalue weighted by Crippen LogP contribution is 2.24. The van der Waals surface area contributed by atoms with Crippen molar-refractivity contribution in [3.05, 3.63) is 33.9 Å². The van der Waals surface area contributed by atoms with Crippen LogP contribution >= 0.6 is 0 Å². The van der Waals surface area contributed by atoms with Gasteiger partial charge in [0, 0.05) is 12.1 Å². The first-order valence-corrected chi connectivity index (χ1v) is 4.53. The Morgan fingerprint density at radius 3 is 2.82 bits per heavy atom. The predicted octanol–water partition coefficient (Wildman–Crippen LogP) is 1.39. The second kappa shape index (κ2) is 5.51. The Kier molecular flexibility index (Phi) is 4.06. The fraction of sp³-hybridized carbons (Fsp3) is 0.182. The van der Waals surface area contributed by atoms with Crippen molar-refractivity contribution in [3.63, 3.8) is 0 Å². The number of rotatable bonds is 4. The number of carbonyl (C=O) groups is 1. The first-order valence-electron chi connectivity index (χ1n) is 4.53. The van der Waals surface area contributed by atoms with Gasteiger partial charge in [-0.05, 0) is 6.07 Å². The summed E-state index contributed by atoms with van der Waals surface area (Å²) >= 11 is 0. The molecule has 0 saturated heterocycles. The molecular weight excluding hydrogens is 226 g/mol. The van der Waals surface area contributed by atoms with Crippen molar-refractivity contribution in [1.29, 1.82) is 0 Å². The molecule has 0 aliphatic carbocycles. The van der Waals surface area contributed by atoms with Gasteiger partial charge in [-0.2, -0.15) is 0 Å². The Bertz CT molecular complexity index is 489. The molecule has 0 aliphatic heterocycles. The number of ether oxygens (including phenoxy) is 2. The zero-order valence-electron chi connectivity index (χ0n) is 9.00. The number of hydrogen-bond donors (Lipinski definition) is 0. The highest BCUT2D eigenvalue weighted by Gasteiger charge is 2.18. The predicted molar refractivity (Wildman–Crippen MR) is 58.8 cm³/mol. The number of hydrogen-bond acceptors (Lipinski definition) is 5. The van der Waals surface area contributed by atoms with Gasteiger partial charge in [0.25, 0.3) is 5.69 Å². The van der Waals surface area contributed by atoms with Crippen LogP contribution in [0.5, 0.6) is 5.75 Å². The standard InChI is InChI=1S/C11H9NO5/c1-3-6-17-11(13)9-7-8(12(14)15)4-5-10(9)16-2/h1,4-5,7H,6H2,2H3. The van der Waals surface area contributed by atoms with E-state index in [0.29, 0.717) is 0 Å². The van der Waals surface area contributed by atoms with Crippen molar-refractivity contribution in [2.45, 2.75) is 0 Å². The van der Waals surface area contributed by atoms with Crippen LogP contribution in [0.15, 0.2) is 18.2 Å². The summed E-state index contributed by atoms with van der Waals surface area (Å²) in [5, 5.41) is 10.6. The van der Waals surface area contributed by atoms with E-state index in [1.807, 2.05) is 0 Å². The lowest BCUT2D eigenvalue weighted by Crippen LogP contribution is -2.08. The van der Waals surface area contributed by atoms with Crippen molar-refractivity contribution in [3.8, 4) is 18.1 Å². The van der Waals surface area contributed by atoms with Crippen LogP contribution in [-0.4, -0.2) is 24.6 Å². The lowest BCUT2D eigenvalue weighted by Gasteiger charge is -2.06. The van der Waals surface area contributed by atoms with E-state index in [2.05, 4.69) is 10.7 Å². The number of methoxy groups -OCH3 is 1. The van der Waals surface area contributed by atoms with Crippen molar-refractivity contribution in [2.75, 3.05) is 13.7 Å². The highest BCUT2D eigenvalue weighted by molar-refractivity contribution is 5.93. The first kappa shape index (κ1) is 12.5. The van der Waals surface area contributed by atoms with Gasteiger partial charge in [-0.15, -0.1) is 6.42 Å². The topological polar surface area (TPSA) is 78.7 Å². The Morgan fingerprint density at radius 1 is 1.59 bits per heavy atom. The molecule has 6 heteroatoms. The molecule has 1 rings (SSSR count). The third-order valence-corrected chi connectivity index (χ3v) is 1.90. The SMILES string of the molecule is C#CCOC(=O)c1cc([N+](=O)[O-])ccc1OC. The minimum Gasteiger partial charge on any atom is -0.496 e. The molecule has 88 valence electrons. The van der Waals surface area contributed by atoms with E-state index in [-0.39, 0.29) is 23.6 Å². The molecule has 1 aromatic rings. The summed E-state index contributed by atoms with van der Waals surface area (Å²) in [4.78, 5) is 21.5. The van der Waals surface area contributed by atoms with E-state index in [4.69, 9.17) is 11.2 Å². The van der Waals surface area contributed by atoms with Crippen LogP contribution in [0.1, 0.15) is 10.4 Å². The van der Waals surface area contributed by atoms with Gasteiger partial charge in [-0.25, -0.2) is 4.79 Å². The normalized spacial score (nSPS) is 9.18. The summed E-state index contributed by atoms with van der Waals surface area (Å²) in [5.74, 6) is 1.56. The molecule has 0 unspecified atom stereocenters. The van der Waals surface area contributed by atoms with Gasteiger partial charge in [0.05, 0.1) is 12.0 Å². The number of non-ortho nitro benzene ring substituents is 1. The zero-order chi connectivity index (χ0) is 12.8. The monoisotopic (exact) mass is 235 g/mol. The molecule has 0 aromatic heterocycles. The maximum atomic E-state index is 11.5. The van der Waals surface area contributed by atoms with E-state index in [0.717, 1.165) is 6.07 Å². The van der Waals surface area contributed by atoms with Crippen molar-refractivity contribution < 1.29 is 19.2 Å². The second-order valence-electron chi connectivity index (χ2n) is 2.92. The van der Waals surface area contributed by atoms with Crippen LogP contribution in [-0.2, 0) is 4.74 Å². The summed E-state index contributed by atoms with van der Waals surface area (Å²) in [7, 11) is 1.35. The van der Waals surface area contributed by atoms with Crippen LogP contribution in [0.3, 0.4) is 0 Å². The summed E-state index contributed by atoms with van der Waals surface area (Å²) in [6.45, 7) is -0.204. The minimum absolute atomic E-state index is 0.0306. The molecule has 6 nitrogen and oxygen atoms in total. The first-order chi connectivity index (χ1) is 8.10. The summed E-state index contributed by atoms with van der Waals surface area (Å²) in [6.07, 6.45) is 4.94. The van der Waals surface area contributed by atoms with Gasteiger partial charge in [0.15, 0.2) is 6.61 Å². The van der Waals surface area contributed by atoms with E-state index in [1.54, 1.807) is 0 Å². The lowest BCUT2D eigenvalue weighted by atomic mass is 10.2.